The van der Waals surface area contributed by atoms with Crippen LogP contribution in [-0.2, 0) is 40.7 Å². The summed E-state index contributed by atoms with van der Waals surface area (Å²) in [7, 11) is -2.20. The molecule has 0 saturated heterocycles. The zero-order chi connectivity index (χ0) is 23.4. The van der Waals surface area contributed by atoms with Crippen LogP contribution in [0.25, 0.3) is 0 Å². The fourth-order valence-corrected chi connectivity index (χ4v) is 6.57. The van der Waals surface area contributed by atoms with Gasteiger partial charge in [-0.1, -0.05) is 56.2 Å². The van der Waals surface area contributed by atoms with Crippen LogP contribution in [-0.4, -0.2) is 25.8 Å². The number of ether oxygens (including phenoxy) is 1. The molecule has 1 heterocycles. The van der Waals surface area contributed by atoms with E-state index in [1.807, 2.05) is 25.1 Å². The number of hydrogen-bond donors (Lipinski definition) is 0. The third kappa shape index (κ3) is 5.17. The van der Waals surface area contributed by atoms with E-state index in [0.717, 1.165) is 66.3 Å². The fourth-order valence-electron chi connectivity index (χ4n) is 5.19. The normalized spacial score (nSPS) is 18.0. The fraction of sp³-hybridized carbons (Fsp3) is 0.519. The first-order chi connectivity index (χ1) is 15.9. The molecule has 5 nitrogen and oxygen atoms in total. The van der Waals surface area contributed by atoms with Crippen molar-refractivity contribution in [3.05, 3.63) is 63.7 Å². The highest BCUT2D eigenvalue weighted by atomic mass is 32.2. The Labute approximate surface area is 198 Å². The van der Waals surface area contributed by atoms with E-state index >= 15 is 0 Å². The van der Waals surface area contributed by atoms with Crippen LogP contribution in [0, 0.1) is 6.92 Å². The van der Waals surface area contributed by atoms with Gasteiger partial charge >= 0.3 is 5.97 Å². The number of sulfonamides is 1. The van der Waals surface area contributed by atoms with E-state index in [-0.39, 0.29) is 5.97 Å². The van der Waals surface area contributed by atoms with Crippen molar-refractivity contribution in [2.45, 2.75) is 89.1 Å². The van der Waals surface area contributed by atoms with E-state index < -0.39 is 10.0 Å². The number of carbonyl (C=O) groups excluding carboxylic acids is 1. The third-order valence-electron chi connectivity index (χ3n) is 7.12. The van der Waals surface area contributed by atoms with E-state index in [0.29, 0.717) is 23.5 Å². The van der Waals surface area contributed by atoms with Gasteiger partial charge in [0.25, 0.3) is 0 Å². The molecule has 0 saturated carbocycles. The van der Waals surface area contributed by atoms with Crippen molar-refractivity contribution in [1.82, 2.24) is 4.31 Å². The Kier molecular flexibility index (Phi) is 7.55. The predicted octanol–water partition coefficient (Wildman–Crippen LogP) is 5.71. The number of rotatable bonds is 3. The SMILES string of the molecule is COC(=O)c1cc2c3c(c1CCCCCCCCCC2)CN(S(=O)(=O)c1ccc(C)cc1)C3. The van der Waals surface area contributed by atoms with E-state index in [4.69, 9.17) is 4.74 Å². The van der Waals surface area contributed by atoms with Crippen LogP contribution in [0.4, 0.5) is 0 Å². The molecule has 178 valence electrons. The van der Waals surface area contributed by atoms with Crippen LogP contribution >= 0.6 is 0 Å². The second kappa shape index (κ2) is 10.4. The summed E-state index contributed by atoms with van der Waals surface area (Å²) >= 11 is 0. The summed E-state index contributed by atoms with van der Waals surface area (Å²) in [4.78, 5) is 13.1. The molecule has 2 aromatic rings. The quantitative estimate of drug-likeness (QED) is 0.541. The number of hydrogen-bond acceptors (Lipinski definition) is 4. The minimum absolute atomic E-state index is 0.318. The largest absolute Gasteiger partial charge is 0.465 e. The lowest BCUT2D eigenvalue weighted by Gasteiger charge is -2.17. The lowest BCUT2D eigenvalue weighted by Crippen LogP contribution is -2.25. The van der Waals surface area contributed by atoms with Gasteiger partial charge in [0.05, 0.1) is 17.6 Å². The highest BCUT2D eigenvalue weighted by Crippen LogP contribution is 2.37. The summed E-state index contributed by atoms with van der Waals surface area (Å²) < 4.78 is 33.7. The van der Waals surface area contributed by atoms with Gasteiger partial charge in [-0.3, -0.25) is 0 Å². The summed E-state index contributed by atoms with van der Waals surface area (Å²) in [5.74, 6) is -0.319. The maximum absolute atomic E-state index is 13.5. The van der Waals surface area contributed by atoms with Gasteiger partial charge in [-0.2, -0.15) is 4.31 Å². The van der Waals surface area contributed by atoms with Gasteiger partial charge in [-0.15, -0.1) is 0 Å². The summed E-state index contributed by atoms with van der Waals surface area (Å²) in [6, 6.07) is 9.04. The summed E-state index contributed by atoms with van der Waals surface area (Å²) in [5.41, 5.74) is 5.87. The summed E-state index contributed by atoms with van der Waals surface area (Å²) in [6.45, 7) is 2.64. The van der Waals surface area contributed by atoms with Gasteiger partial charge in [-0.05, 0) is 73.1 Å². The molecule has 0 atom stereocenters. The number of carbonyl (C=O) groups is 1. The number of nitrogens with zero attached hydrogens (tertiary/aromatic N) is 1. The van der Waals surface area contributed by atoms with E-state index in [9.17, 15) is 13.2 Å². The summed E-state index contributed by atoms with van der Waals surface area (Å²) in [6.07, 6.45) is 11.0. The lowest BCUT2D eigenvalue weighted by atomic mass is 9.87. The predicted molar refractivity (Wildman–Crippen MR) is 130 cm³/mol. The van der Waals surface area contributed by atoms with E-state index in [1.165, 1.54) is 32.8 Å². The van der Waals surface area contributed by atoms with Gasteiger partial charge in [-0.25, -0.2) is 13.2 Å². The summed E-state index contributed by atoms with van der Waals surface area (Å²) in [5, 5.41) is 0. The van der Waals surface area contributed by atoms with Crippen molar-refractivity contribution in [3.8, 4) is 0 Å². The first kappa shape index (κ1) is 24.0. The standard InChI is InChI=1S/C27H35NO4S/c1-20-13-15-22(16-14-20)33(30,31)28-18-25-21-11-9-7-5-3-4-6-8-10-12-23(26(25)19-28)24(17-21)27(29)32-2/h13-17H,3-12,18-19H2,1-2H3. The van der Waals surface area contributed by atoms with Crippen LogP contribution in [0.2, 0.25) is 0 Å². The molecular weight excluding hydrogens is 434 g/mol. The zero-order valence-corrected chi connectivity index (χ0v) is 20.7. The van der Waals surface area contributed by atoms with Crippen molar-refractivity contribution in [1.29, 1.82) is 0 Å². The van der Waals surface area contributed by atoms with Gasteiger partial charge in [0.15, 0.2) is 0 Å². The Morgan fingerprint density at radius 1 is 0.818 bits per heavy atom. The first-order valence-electron chi connectivity index (χ1n) is 12.2. The minimum Gasteiger partial charge on any atom is -0.465 e. The Balaban J connectivity index is 1.75. The van der Waals surface area contributed by atoms with Crippen LogP contribution in [0.5, 0.6) is 0 Å². The number of aryl methyl sites for hydroxylation is 2. The molecule has 0 radical (unpaired) electrons. The molecule has 1 aliphatic heterocycles. The zero-order valence-electron chi connectivity index (χ0n) is 19.9. The van der Waals surface area contributed by atoms with Gasteiger partial charge in [0, 0.05) is 13.1 Å². The Morgan fingerprint density at radius 2 is 1.39 bits per heavy atom. The molecule has 2 aliphatic rings. The molecule has 2 aromatic carbocycles. The van der Waals surface area contributed by atoms with Crippen LogP contribution in [0.15, 0.2) is 35.2 Å². The molecule has 0 fully saturated rings. The maximum Gasteiger partial charge on any atom is 0.338 e. The lowest BCUT2D eigenvalue weighted by molar-refractivity contribution is 0.0599. The number of esters is 1. The molecule has 2 bridgehead atoms. The highest BCUT2D eigenvalue weighted by Gasteiger charge is 2.35. The second-order valence-electron chi connectivity index (χ2n) is 9.43. The Bertz CT molecular complexity index is 1110. The third-order valence-corrected chi connectivity index (χ3v) is 8.92. The van der Waals surface area contributed by atoms with E-state index in [1.54, 1.807) is 16.4 Å². The van der Waals surface area contributed by atoms with Crippen molar-refractivity contribution >= 4 is 16.0 Å². The molecule has 0 aromatic heterocycles. The Morgan fingerprint density at radius 3 is 2.03 bits per heavy atom. The first-order valence-corrected chi connectivity index (χ1v) is 13.7. The smallest absolute Gasteiger partial charge is 0.338 e. The maximum atomic E-state index is 13.5. The Hall–Kier alpha value is -2.18. The molecule has 6 heteroatoms. The monoisotopic (exact) mass is 469 g/mol. The molecule has 0 amide bonds. The molecule has 4 rings (SSSR count). The molecule has 0 N–H and O–H groups in total. The van der Waals surface area contributed by atoms with Gasteiger partial charge < -0.3 is 4.74 Å². The van der Waals surface area contributed by atoms with Gasteiger partial charge in [0.2, 0.25) is 10.0 Å². The topological polar surface area (TPSA) is 63.7 Å². The van der Waals surface area contributed by atoms with Crippen LogP contribution in [0.1, 0.15) is 89.5 Å². The number of methoxy groups -OCH3 is 1. The molecule has 33 heavy (non-hydrogen) atoms. The van der Waals surface area contributed by atoms with Crippen molar-refractivity contribution in [3.63, 3.8) is 0 Å². The minimum atomic E-state index is -3.62. The molecule has 1 aliphatic carbocycles. The van der Waals surface area contributed by atoms with Crippen molar-refractivity contribution < 1.29 is 17.9 Å². The highest BCUT2D eigenvalue weighted by molar-refractivity contribution is 7.89. The average Bonchev–Trinajstić information content (AvgIpc) is 3.27. The van der Waals surface area contributed by atoms with Crippen LogP contribution in [0.3, 0.4) is 0 Å². The second-order valence-corrected chi connectivity index (χ2v) is 11.4. The van der Waals surface area contributed by atoms with Crippen molar-refractivity contribution in [2.75, 3.05) is 7.11 Å². The van der Waals surface area contributed by atoms with E-state index in [2.05, 4.69) is 0 Å². The molecular formula is C27H35NO4S. The van der Waals surface area contributed by atoms with Crippen molar-refractivity contribution in [2.24, 2.45) is 0 Å². The van der Waals surface area contributed by atoms with Crippen LogP contribution < -0.4 is 0 Å². The number of benzene rings is 2. The van der Waals surface area contributed by atoms with Gasteiger partial charge in [0.1, 0.15) is 0 Å². The molecule has 0 unspecified atom stereocenters. The molecule has 0 spiro atoms. The average molecular weight is 470 g/mol.